The predicted molar refractivity (Wildman–Crippen MR) is 189 cm³/mol. The Balaban J connectivity index is 1.81. The van der Waals surface area contributed by atoms with E-state index in [1.54, 1.807) is 12.1 Å². The summed E-state index contributed by atoms with van der Waals surface area (Å²) in [4.78, 5) is 29.8. The molecule has 2 amide bonds. The lowest BCUT2D eigenvalue weighted by Crippen LogP contribution is -2.53. The van der Waals surface area contributed by atoms with Crippen molar-refractivity contribution in [3.05, 3.63) is 128 Å². The van der Waals surface area contributed by atoms with Gasteiger partial charge in [0.05, 0.1) is 10.6 Å². The number of anilines is 1. The molecule has 0 fully saturated rings. The first-order valence-corrected chi connectivity index (χ1v) is 17.9. The Kier molecular flexibility index (Phi) is 12.7. The molecule has 11 heteroatoms. The molecule has 46 heavy (non-hydrogen) atoms. The Hall–Kier alpha value is -3.37. The second-order valence-electron chi connectivity index (χ2n) is 11.0. The lowest BCUT2D eigenvalue weighted by atomic mass is 10.0. The molecule has 0 bridgehead atoms. The van der Waals surface area contributed by atoms with Gasteiger partial charge in [-0.1, -0.05) is 113 Å². The molecule has 0 saturated carbocycles. The van der Waals surface area contributed by atoms with Crippen molar-refractivity contribution in [2.45, 2.75) is 50.6 Å². The van der Waals surface area contributed by atoms with Crippen LogP contribution in [-0.2, 0) is 32.6 Å². The van der Waals surface area contributed by atoms with Crippen molar-refractivity contribution in [2.24, 2.45) is 0 Å². The molecular formula is C35H36BrCl2N3O4S. The van der Waals surface area contributed by atoms with E-state index in [-0.39, 0.29) is 39.5 Å². The van der Waals surface area contributed by atoms with E-state index in [2.05, 4.69) is 21.2 Å². The van der Waals surface area contributed by atoms with Crippen LogP contribution in [0.25, 0.3) is 0 Å². The maximum Gasteiger partial charge on any atom is 0.264 e. The highest BCUT2D eigenvalue weighted by molar-refractivity contribution is 9.10. The van der Waals surface area contributed by atoms with Crippen LogP contribution in [0.15, 0.2) is 106 Å². The Morgan fingerprint density at radius 2 is 1.50 bits per heavy atom. The minimum atomic E-state index is -4.27. The summed E-state index contributed by atoms with van der Waals surface area (Å²) in [6.45, 7) is 3.81. The van der Waals surface area contributed by atoms with Crippen molar-refractivity contribution < 1.29 is 18.0 Å². The number of unbranched alkanes of at least 4 members (excludes halogenated alkanes) is 1. The maximum atomic E-state index is 14.5. The number of sulfonamides is 1. The average molecular weight is 746 g/mol. The number of hydrogen-bond donors (Lipinski definition) is 1. The van der Waals surface area contributed by atoms with Gasteiger partial charge in [0.15, 0.2) is 0 Å². The molecule has 4 aromatic rings. The minimum absolute atomic E-state index is 0.000369. The van der Waals surface area contributed by atoms with Crippen molar-refractivity contribution >= 4 is 66.7 Å². The molecule has 7 nitrogen and oxygen atoms in total. The second-order valence-corrected chi connectivity index (χ2v) is 14.6. The van der Waals surface area contributed by atoms with Gasteiger partial charge in [0.25, 0.3) is 10.0 Å². The Labute approximate surface area is 289 Å². The van der Waals surface area contributed by atoms with Crippen molar-refractivity contribution in [2.75, 3.05) is 17.4 Å². The summed E-state index contributed by atoms with van der Waals surface area (Å²) in [5, 5.41) is 3.41. The van der Waals surface area contributed by atoms with Crippen molar-refractivity contribution in [3.8, 4) is 0 Å². The van der Waals surface area contributed by atoms with E-state index in [0.29, 0.717) is 6.54 Å². The maximum absolute atomic E-state index is 14.5. The molecular weight excluding hydrogens is 709 g/mol. The van der Waals surface area contributed by atoms with E-state index in [4.69, 9.17) is 23.2 Å². The van der Waals surface area contributed by atoms with E-state index in [0.717, 1.165) is 38.3 Å². The van der Waals surface area contributed by atoms with Crippen molar-refractivity contribution in [3.63, 3.8) is 0 Å². The van der Waals surface area contributed by atoms with Gasteiger partial charge in [0, 0.05) is 34.0 Å². The summed E-state index contributed by atoms with van der Waals surface area (Å²) >= 11 is 16.1. The fourth-order valence-electron chi connectivity index (χ4n) is 4.90. The Morgan fingerprint density at radius 1 is 0.870 bits per heavy atom. The van der Waals surface area contributed by atoms with Crippen LogP contribution in [0.3, 0.4) is 0 Å². The smallest absolute Gasteiger partial charge is 0.264 e. The van der Waals surface area contributed by atoms with E-state index >= 15 is 0 Å². The zero-order chi connectivity index (χ0) is 33.3. The quantitative estimate of drug-likeness (QED) is 0.134. The lowest BCUT2D eigenvalue weighted by Gasteiger charge is -2.34. The van der Waals surface area contributed by atoms with Crippen LogP contribution in [0.5, 0.6) is 0 Å². The summed E-state index contributed by atoms with van der Waals surface area (Å²) in [7, 11) is -4.27. The van der Waals surface area contributed by atoms with E-state index < -0.39 is 28.5 Å². The van der Waals surface area contributed by atoms with Crippen LogP contribution < -0.4 is 9.62 Å². The second kappa shape index (κ2) is 16.5. The molecule has 1 unspecified atom stereocenters. The summed E-state index contributed by atoms with van der Waals surface area (Å²) in [6, 6.07) is 26.7. The molecule has 0 aliphatic rings. The van der Waals surface area contributed by atoms with Crippen molar-refractivity contribution in [1.29, 1.82) is 0 Å². The molecule has 4 aromatic carbocycles. The van der Waals surface area contributed by atoms with Gasteiger partial charge in [-0.05, 0) is 66.9 Å². The Bertz CT molecular complexity index is 1720. The molecule has 0 heterocycles. The number of amides is 2. The van der Waals surface area contributed by atoms with Gasteiger partial charge < -0.3 is 10.2 Å². The average Bonchev–Trinajstić information content (AvgIpc) is 3.02. The number of carbonyl (C=O) groups is 2. The van der Waals surface area contributed by atoms with Gasteiger partial charge in [0.1, 0.15) is 12.6 Å². The number of hydrogen-bond acceptors (Lipinski definition) is 4. The van der Waals surface area contributed by atoms with Gasteiger partial charge in [-0.2, -0.15) is 0 Å². The highest BCUT2D eigenvalue weighted by Crippen LogP contribution is 2.30. The van der Waals surface area contributed by atoms with Crippen LogP contribution in [0, 0.1) is 6.92 Å². The number of rotatable bonds is 14. The summed E-state index contributed by atoms with van der Waals surface area (Å²) < 4.78 is 30.2. The first-order valence-electron chi connectivity index (χ1n) is 14.9. The van der Waals surface area contributed by atoms with Crippen LogP contribution in [0.1, 0.15) is 36.5 Å². The molecule has 0 saturated heterocycles. The normalized spacial score (nSPS) is 11.9. The zero-order valence-corrected chi connectivity index (χ0v) is 29.5. The van der Waals surface area contributed by atoms with Crippen molar-refractivity contribution in [1.82, 2.24) is 10.2 Å². The first kappa shape index (κ1) is 35.5. The molecule has 1 atom stereocenters. The van der Waals surface area contributed by atoms with Crippen LogP contribution in [0.2, 0.25) is 10.0 Å². The molecule has 0 spiro atoms. The standard InChI is InChI=1S/C35H36BrCl2N3O4S/c1-3-4-18-39-35(43)33(19-26-8-6-5-7-9-26)40(23-27-12-14-28(36)15-13-27)34(42)24-41(31-21-29(37)20-30(38)22-31)46(44,45)32-16-10-25(2)11-17-32/h5-17,20-22,33H,3-4,18-19,23-24H2,1-2H3,(H,39,43). The monoisotopic (exact) mass is 743 g/mol. The minimum Gasteiger partial charge on any atom is -0.354 e. The molecule has 0 aliphatic heterocycles. The third-order valence-electron chi connectivity index (χ3n) is 7.39. The van der Waals surface area contributed by atoms with E-state index in [1.807, 2.05) is 68.4 Å². The fraction of sp³-hybridized carbons (Fsp3) is 0.257. The predicted octanol–water partition coefficient (Wildman–Crippen LogP) is 7.82. The van der Waals surface area contributed by atoms with Gasteiger partial charge in [-0.3, -0.25) is 13.9 Å². The Morgan fingerprint density at radius 3 is 2.11 bits per heavy atom. The highest BCUT2D eigenvalue weighted by Gasteiger charge is 2.34. The van der Waals surface area contributed by atoms with Gasteiger partial charge in [-0.25, -0.2) is 8.42 Å². The number of carbonyl (C=O) groups excluding carboxylic acids is 2. The zero-order valence-electron chi connectivity index (χ0n) is 25.6. The molecule has 0 radical (unpaired) electrons. The third-order valence-corrected chi connectivity index (χ3v) is 10.1. The molecule has 0 aliphatic carbocycles. The SMILES string of the molecule is CCCCNC(=O)C(Cc1ccccc1)N(Cc1ccc(Br)cc1)C(=O)CN(c1cc(Cl)cc(Cl)c1)S(=O)(=O)c1ccc(C)cc1. The van der Waals surface area contributed by atoms with E-state index in [1.165, 1.54) is 35.2 Å². The van der Waals surface area contributed by atoms with Gasteiger partial charge >= 0.3 is 0 Å². The van der Waals surface area contributed by atoms with Crippen LogP contribution in [-0.4, -0.2) is 44.3 Å². The summed E-state index contributed by atoms with van der Waals surface area (Å²) in [5.41, 5.74) is 2.64. The van der Waals surface area contributed by atoms with Crippen LogP contribution >= 0.6 is 39.1 Å². The fourth-order valence-corrected chi connectivity index (χ4v) is 7.07. The highest BCUT2D eigenvalue weighted by atomic mass is 79.9. The number of benzene rings is 4. The van der Waals surface area contributed by atoms with Gasteiger partial charge in [0.2, 0.25) is 11.8 Å². The molecule has 1 N–H and O–H groups in total. The number of nitrogens with one attached hydrogen (secondary N) is 1. The summed E-state index contributed by atoms with van der Waals surface area (Å²) in [6.07, 6.45) is 1.90. The topological polar surface area (TPSA) is 86.8 Å². The summed E-state index contributed by atoms with van der Waals surface area (Å²) in [5.74, 6) is -0.886. The lowest BCUT2D eigenvalue weighted by molar-refractivity contribution is -0.140. The molecule has 0 aromatic heterocycles. The third kappa shape index (κ3) is 9.58. The van der Waals surface area contributed by atoms with Gasteiger partial charge in [-0.15, -0.1) is 0 Å². The largest absolute Gasteiger partial charge is 0.354 e. The molecule has 242 valence electrons. The first-order chi connectivity index (χ1) is 22.0. The number of nitrogens with zero attached hydrogens (tertiary/aromatic N) is 2. The molecule has 4 rings (SSSR count). The number of aryl methyl sites for hydroxylation is 1. The van der Waals surface area contributed by atoms with E-state index in [9.17, 15) is 18.0 Å². The number of halogens is 3. The van der Waals surface area contributed by atoms with Crippen LogP contribution in [0.4, 0.5) is 5.69 Å².